The predicted octanol–water partition coefficient (Wildman–Crippen LogP) is 4.03. The van der Waals surface area contributed by atoms with Crippen LogP contribution >= 0.6 is 0 Å². The Morgan fingerprint density at radius 1 is 1.11 bits per heavy atom. The molecule has 27 heavy (non-hydrogen) atoms. The summed E-state index contributed by atoms with van der Waals surface area (Å²) in [5.74, 6) is -1.47. The van der Waals surface area contributed by atoms with E-state index >= 15 is 0 Å². The van der Waals surface area contributed by atoms with Crippen molar-refractivity contribution in [1.29, 1.82) is 0 Å². The van der Waals surface area contributed by atoms with Crippen LogP contribution in [0.2, 0.25) is 0 Å². The highest BCUT2D eigenvalue weighted by molar-refractivity contribution is 5.93. The van der Waals surface area contributed by atoms with E-state index in [0.717, 1.165) is 12.1 Å². The van der Waals surface area contributed by atoms with Crippen LogP contribution in [-0.2, 0) is 4.79 Å². The Morgan fingerprint density at radius 3 is 2.56 bits per heavy atom. The molecule has 1 aromatic heterocycles. The molecule has 0 saturated carbocycles. The Bertz CT molecular complexity index is 958. The summed E-state index contributed by atoms with van der Waals surface area (Å²) in [5, 5.41) is 6.26. The molecular weight excluding hydrogens is 358 g/mol. The zero-order valence-electron chi connectivity index (χ0n) is 14.5. The highest BCUT2D eigenvalue weighted by atomic mass is 19.2. The summed E-state index contributed by atoms with van der Waals surface area (Å²) in [4.78, 5) is 12.3. The molecule has 3 aromatic rings. The van der Waals surface area contributed by atoms with Crippen molar-refractivity contribution in [2.75, 3.05) is 12.4 Å². The van der Waals surface area contributed by atoms with E-state index in [-0.39, 0.29) is 11.6 Å². The maximum atomic E-state index is 13.3. The molecule has 1 N–H and O–H groups in total. The number of hydrogen-bond donors (Lipinski definition) is 1. The lowest BCUT2D eigenvalue weighted by Crippen LogP contribution is -2.30. The number of rotatable bonds is 6. The van der Waals surface area contributed by atoms with Crippen molar-refractivity contribution in [1.82, 2.24) is 5.16 Å². The maximum Gasteiger partial charge on any atom is 0.267 e. The van der Waals surface area contributed by atoms with Gasteiger partial charge in [0.1, 0.15) is 5.69 Å². The van der Waals surface area contributed by atoms with Gasteiger partial charge in [0, 0.05) is 11.6 Å². The van der Waals surface area contributed by atoms with Crippen molar-refractivity contribution >= 4 is 11.8 Å². The van der Waals surface area contributed by atoms with Gasteiger partial charge in [0.15, 0.2) is 29.2 Å². The number of halogens is 2. The van der Waals surface area contributed by atoms with Gasteiger partial charge in [-0.25, -0.2) is 8.78 Å². The lowest BCUT2D eigenvalue weighted by Gasteiger charge is -2.15. The number of ether oxygens (including phenoxy) is 2. The fourth-order valence-electron chi connectivity index (χ4n) is 2.31. The van der Waals surface area contributed by atoms with Crippen LogP contribution < -0.4 is 14.8 Å². The number of carbonyl (C=O) groups is 1. The fourth-order valence-corrected chi connectivity index (χ4v) is 2.31. The first-order chi connectivity index (χ1) is 13.0. The second-order valence-electron chi connectivity index (χ2n) is 5.61. The van der Waals surface area contributed by atoms with E-state index in [1.807, 2.05) is 0 Å². The van der Waals surface area contributed by atoms with Gasteiger partial charge in [-0.15, -0.1) is 0 Å². The number of anilines is 1. The van der Waals surface area contributed by atoms with Crippen molar-refractivity contribution < 1.29 is 27.6 Å². The Hall–Kier alpha value is -3.42. The van der Waals surface area contributed by atoms with Gasteiger partial charge >= 0.3 is 0 Å². The van der Waals surface area contributed by atoms with Crippen LogP contribution in [0.4, 0.5) is 14.7 Å². The number of para-hydroxylation sites is 2. The van der Waals surface area contributed by atoms with Gasteiger partial charge in [-0.2, -0.15) is 0 Å². The van der Waals surface area contributed by atoms with Gasteiger partial charge in [-0.1, -0.05) is 17.3 Å². The zero-order valence-corrected chi connectivity index (χ0v) is 14.5. The molecule has 1 amide bonds. The molecule has 0 bridgehead atoms. The molecule has 8 heteroatoms. The second kappa shape index (κ2) is 7.86. The monoisotopic (exact) mass is 374 g/mol. The van der Waals surface area contributed by atoms with Crippen LogP contribution in [0.1, 0.15) is 6.92 Å². The SMILES string of the molecule is COc1ccccc1OC(C)C(=O)Nc1cc(-c2ccc(F)c(F)c2)no1. The predicted molar refractivity (Wildman–Crippen MR) is 93.6 cm³/mol. The largest absolute Gasteiger partial charge is 0.493 e. The lowest BCUT2D eigenvalue weighted by molar-refractivity contribution is -0.122. The van der Waals surface area contributed by atoms with Crippen molar-refractivity contribution in [3.63, 3.8) is 0 Å². The lowest BCUT2D eigenvalue weighted by atomic mass is 10.1. The van der Waals surface area contributed by atoms with E-state index in [1.54, 1.807) is 31.2 Å². The topological polar surface area (TPSA) is 73.6 Å². The van der Waals surface area contributed by atoms with E-state index in [9.17, 15) is 13.6 Å². The minimum Gasteiger partial charge on any atom is -0.493 e. The molecule has 1 atom stereocenters. The first kappa shape index (κ1) is 18.4. The van der Waals surface area contributed by atoms with Crippen LogP contribution in [0.25, 0.3) is 11.3 Å². The van der Waals surface area contributed by atoms with Crippen molar-refractivity contribution in [2.45, 2.75) is 13.0 Å². The van der Waals surface area contributed by atoms with Crippen LogP contribution in [0, 0.1) is 11.6 Å². The highest BCUT2D eigenvalue weighted by Gasteiger charge is 2.19. The van der Waals surface area contributed by atoms with Gasteiger partial charge in [0.25, 0.3) is 5.91 Å². The van der Waals surface area contributed by atoms with Gasteiger partial charge in [-0.05, 0) is 37.3 Å². The molecule has 3 rings (SSSR count). The normalized spacial score (nSPS) is 11.7. The number of hydrogen-bond acceptors (Lipinski definition) is 5. The van der Waals surface area contributed by atoms with Crippen molar-refractivity contribution in [2.24, 2.45) is 0 Å². The van der Waals surface area contributed by atoms with Gasteiger partial charge in [0.2, 0.25) is 5.88 Å². The first-order valence-corrected chi connectivity index (χ1v) is 8.00. The smallest absolute Gasteiger partial charge is 0.267 e. The summed E-state index contributed by atoms with van der Waals surface area (Å²) >= 11 is 0. The summed E-state index contributed by atoms with van der Waals surface area (Å²) < 4.78 is 42.1. The average molecular weight is 374 g/mol. The Morgan fingerprint density at radius 2 is 1.85 bits per heavy atom. The summed E-state index contributed by atoms with van der Waals surface area (Å²) in [6.07, 6.45) is -0.849. The Labute approximate surface area is 153 Å². The molecule has 1 heterocycles. The van der Waals surface area contributed by atoms with E-state index in [4.69, 9.17) is 14.0 Å². The third-order valence-corrected chi connectivity index (χ3v) is 3.71. The highest BCUT2D eigenvalue weighted by Crippen LogP contribution is 2.27. The minimum atomic E-state index is -1.00. The van der Waals surface area contributed by atoms with Crippen molar-refractivity contribution in [3.8, 4) is 22.8 Å². The van der Waals surface area contributed by atoms with E-state index in [0.29, 0.717) is 17.1 Å². The second-order valence-corrected chi connectivity index (χ2v) is 5.61. The summed E-state index contributed by atoms with van der Waals surface area (Å²) in [7, 11) is 1.50. The summed E-state index contributed by atoms with van der Waals surface area (Å²) in [5.41, 5.74) is 0.568. The third-order valence-electron chi connectivity index (χ3n) is 3.71. The number of aromatic nitrogens is 1. The van der Waals surface area contributed by atoms with Crippen LogP contribution in [0.5, 0.6) is 11.5 Å². The number of benzene rings is 2. The van der Waals surface area contributed by atoms with Gasteiger partial charge in [-0.3, -0.25) is 10.1 Å². The molecule has 0 fully saturated rings. The molecule has 6 nitrogen and oxygen atoms in total. The molecule has 0 aliphatic heterocycles. The number of carbonyl (C=O) groups excluding carboxylic acids is 1. The quantitative estimate of drug-likeness (QED) is 0.705. The molecule has 0 aliphatic carbocycles. The standard InChI is InChI=1S/C19H16F2N2O4/c1-11(26-17-6-4-3-5-16(17)25-2)19(24)22-18-10-15(23-27-18)12-7-8-13(20)14(21)9-12/h3-11H,1-2H3,(H,22,24). The van der Waals surface area contributed by atoms with Crippen LogP contribution in [-0.4, -0.2) is 24.3 Å². The molecule has 2 aromatic carbocycles. The van der Waals surface area contributed by atoms with E-state index < -0.39 is 23.6 Å². The van der Waals surface area contributed by atoms with Gasteiger partial charge in [0.05, 0.1) is 7.11 Å². The molecular formula is C19H16F2N2O4. The molecule has 0 radical (unpaired) electrons. The summed E-state index contributed by atoms with van der Waals surface area (Å²) in [6, 6.07) is 11.7. The minimum absolute atomic E-state index is 0.0511. The van der Waals surface area contributed by atoms with E-state index in [2.05, 4.69) is 10.5 Å². The van der Waals surface area contributed by atoms with E-state index in [1.165, 1.54) is 19.2 Å². The Kier molecular flexibility index (Phi) is 5.35. The molecule has 0 spiro atoms. The number of methoxy groups -OCH3 is 1. The molecule has 0 saturated heterocycles. The molecule has 1 unspecified atom stereocenters. The maximum absolute atomic E-state index is 13.3. The van der Waals surface area contributed by atoms with Crippen molar-refractivity contribution in [3.05, 3.63) is 60.2 Å². The Balaban J connectivity index is 1.67. The fraction of sp³-hybridized carbons (Fsp3) is 0.158. The number of nitrogens with one attached hydrogen (secondary N) is 1. The molecule has 140 valence electrons. The number of nitrogens with zero attached hydrogens (tertiary/aromatic N) is 1. The van der Waals surface area contributed by atoms with Gasteiger partial charge < -0.3 is 14.0 Å². The zero-order chi connectivity index (χ0) is 19.4. The third kappa shape index (κ3) is 4.22. The average Bonchev–Trinajstić information content (AvgIpc) is 3.12. The van der Waals surface area contributed by atoms with Crippen LogP contribution in [0.3, 0.4) is 0 Å². The first-order valence-electron chi connectivity index (χ1n) is 8.00. The summed E-state index contributed by atoms with van der Waals surface area (Å²) in [6.45, 7) is 1.56. The number of amides is 1. The molecule has 0 aliphatic rings. The van der Waals surface area contributed by atoms with Crippen LogP contribution in [0.15, 0.2) is 53.1 Å².